The van der Waals surface area contributed by atoms with Crippen molar-refractivity contribution in [2.45, 2.75) is 51.7 Å². The largest absolute Gasteiger partial charge is 0.493 e. The van der Waals surface area contributed by atoms with Gasteiger partial charge in [-0.1, -0.05) is 26.8 Å². The summed E-state index contributed by atoms with van der Waals surface area (Å²) in [7, 11) is -3.81. The molecule has 3 aromatic rings. The highest BCUT2D eigenvalue weighted by molar-refractivity contribution is 7.89. The van der Waals surface area contributed by atoms with Crippen molar-refractivity contribution in [3.05, 3.63) is 65.2 Å². The Balaban J connectivity index is 1.68. The number of aromatic nitrogens is 3. The van der Waals surface area contributed by atoms with Gasteiger partial charge in [-0.15, -0.1) is 0 Å². The minimum atomic E-state index is -3.81. The molecule has 41 heavy (non-hydrogen) atoms. The smallest absolute Gasteiger partial charge is 0.259 e. The molecule has 0 spiro atoms. The second kappa shape index (κ2) is 14.0. The Kier molecular flexibility index (Phi) is 10.5. The van der Waals surface area contributed by atoms with Crippen LogP contribution in [0.25, 0.3) is 0 Å². The number of nitrogens with one attached hydrogen (secondary N) is 1. The fourth-order valence-electron chi connectivity index (χ4n) is 4.81. The van der Waals surface area contributed by atoms with Crippen molar-refractivity contribution in [3.8, 4) is 5.75 Å². The van der Waals surface area contributed by atoms with E-state index in [0.717, 1.165) is 24.4 Å². The number of carbonyl (C=O) groups is 1. The van der Waals surface area contributed by atoms with E-state index in [4.69, 9.17) is 15.5 Å². The second-order valence-electron chi connectivity index (χ2n) is 9.71. The van der Waals surface area contributed by atoms with Crippen molar-refractivity contribution in [2.75, 3.05) is 44.6 Å². The molecule has 3 N–H and O–H groups in total. The first-order valence-electron chi connectivity index (χ1n) is 13.9. The molecule has 222 valence electrons. The molecule has 13 heteroatoms. The molecule has 0 aliphatic carbocycles. The van der Waals surface area contributed by atoms with Crippen LogP contribution in [0.15, 0.2) is 47.5 Å². The highest BCUT2D eigenvalue weighted by Crippen LogP contribution is 2.29. The Morgan fingerprint density at radius 1 is 1.10 bits per heavy atom. The van der Waals surface area contributed by atoms with Crippen LogP contribution < -0.4 is 16.0 Å². The number of anilines is 1. The third kappa shape index (κ3) is 7.11. The Morgan fingerprint density at radius 3 is 2.51 bits per heavy atom. The molecule has 1 aliphatic rings. The van der Waals surface area contributed by atoms with Crippen molar-refractivity contribution >= 4 is 21.6 Å². The lowest BCUT2D eigenvalue weighted by Gasteiger charge is -2.33. The molecule has 0 radical (unpaired) electrons. The first-order valence-corrected chi connectivity index (χ1v) is 15.4. The van der Waals surface area contributed by atoms with E-state index in [9.17, 15) is 13.2 Å². The summed E-state index contributed by atoms with van der Waals surface area (Å²) in [5.74, 6) is 5.17. The van der Waals surface area contributed by atoms with Crippen LogP contribution in [-0.2, 0) is 34.4 Å². The van der Waals surface area contributed by atoms with Crippen LogP contribution in [0.5, 0.6) is 5.75 Å². The van der Waals surface area contributed by atoms with Crippen LogP contribution in [0, 0.1) is 0 Å². The highest BCUT2D eigenvalue weighted by Gasteiger charge is 2.30. The number of benzene rings is 1. The number of ether oxygens (including phenoxy) is 1. The first-order chi connectivity index (χ1) is 19.8. The summed E-state index contributed by atoms with van der Waals surface area (Å²) < 4.78 is 36.2. The molecule has 4 rings (SSSR count). The van der Waals surface area contributed by atoms with Gasteiger partial charge in [-0.3, -0.25) is 19.3 Å². The molecule has 0 bridgehead atoms. The van der Waals surface area contributed by atoms with Gasteiger partial charge in [0.05, 0.1) is 40.7 Å². The lowest BCUT2D eigenvalue weighted by Crippen LogP contribution is -2.48. The normalized spacial score (nSPS) is 14.7. The number of pyridine rings is 1. The second-order valence-corrected chi connectivity index (χ2v) is 11.6. The molecule has 0 saturated carbocycles. The maximum Gasteiger partial charge on any atom is 0.259 e. The number of rotatable bonds is 13. The number of sulfonamides is 1. The van der Waals surface area contributed by atoms with Crippen molar-refractivity contribution < 1.29 is 22.8 Å². The zero-order chi connectivity index (χ0) is 29.4. The van der Waals surface area contributed by atoms with Gasteiger partial charge in [0, 0.05) is 32.4 Å². The molecule has 1 amide bonds. The van der Waals surface area contributed by atoms with Gasteiger partial charge in [-0.25, -0.2) is 14.3 Å². The molecular formula is C28H39N7O5S. The number of hydrogen-bond donors (Lipinski definition) is 2. The summed E-state index contributed by atoms with van der Waals surface area (Å²) in [6, 6.07) is 10.1. The topological polar surface area (TPSA) is 145 Å². The number of carbonyl (C=O) groups excluding carboxylic acids is 1. The summed E-state index contributed by atoms with van der Waals surface area (Å²) in [5.41, 5.74) is 2.58. The van der Waals surface area contributed by atoms with E-state index in [1.165, 1.54) is 16.4 Å². The minimum absolute atomic E-state index is 0.0326. The van der Waals surface area contributed by atoms with Gasteiger partial charge in [-0.2, -0.15) is 9.40 Å². The molecule has 0 unspecified atom stereocenters. The van der Waals surface area contributed by atoms with Gasteiger partial charge in [0.2, 0.25) is 10.0 Å². The van der Waals surface area contributed by atoms with E-state index in [0.29, 0.717) is 62.9 Å². The van der Waals surface area contributed by atoms with Crippen LogP contribution in [0.1, 0.15) is 54.6 Å². The quantitative estimate of drug-likeness (QED) is 0.289. The molecule has 1 saturated heterocycles. The van der Waals surface area contributed by atoms with Gasteiger partial charge < -0.3 is 15.0 Å². The molecule has 1 fully saturated rings. The molecule has 1 aliphatic heterocycles. The molecule has 0 atom stereocenters. The monoisotopic (exact) mass is 585 g/mol. The van der Waals surface area contributed by atoms with Crippen LogP contribution in [0.4, 0.5) is 5.69 Å². The Bertz CT molecular complexity index is 1420. The van der Waals surface area contributed by atoms with Gasteiger partial charge in [0.1, 0.15) is 18.1 Å². The van der Waals surface area contributed by atoms with Crippen molar-refractivity contribution in [2.24, 2.45) is 5.90 Å². The van der Waals surface area contributed by atoms with E-state index >= 15 is 0 Å². The Labute approximate surface area is 241 Å². The Morgan fingerprint density at radius 2 is 1.88 bits per heavy atom. The number of nitrogens with zero attached hydrogens (tertiary/aromatic N) is 5. The van der Waals surface area contributed by atoms with Gasteiger partial charge in [0.15, 0.2) is 0 Å². The third-order valence-corrected chi connectivity index (χ3v) is 8.93. The fraction of sp³-hybridized carbons (Fsp3) is 0.464. The van der Waals surface area contributed by atoms with Crippen molar-refractivity contribution in [1.82, 2.24) is 24.0 Å². The molecule has 2 aromatic heterocycles. The third-order valence-electron chi connectivity index (χ3n) is 7.04. The van der Waals surface area contributed by atoms with E-state index < -0.39 is 15.9 Å². The standard InChI is InChI=1S/C28H39N7O5S/c1-4-17-39-26-11-10-22(41(37,38)34-15-13-33(6-3)14-16-34)18-23(26)28(36)31-27-24(20-40-29)32-35(25(27)5-2)19-21-9-7-8-12-30-21/h7-12,18H,4-6,13-17,19-20,29H2,1-3H3,(H,31,36). The first kappa shape index (κ1) is 30.6. The summed E-state index contributed by atoms with van der Waals surface area (Å²) >= 11 is 0. The predicted molar refractivity (Wildman–Crippen MR) is 155 cm³/mol. The molecule has 3 heterocycles. The number of nitrogens with two attached hydrogens (primary N) is 1. The van der Waals surface area contributed by atoms with Gasteiger partial charge in [-0.05, 0) is 49.7 Å². The SMILES string of the molecule is CCCOc1ccc(S(=O)(=O)N2CCN(CC)CC2)cc1C(=O)Nc1c(CON)nn(Cc2ccccn2)c1CC. The van der Waals surface area contributed by atoms with Crippen molar-refractivity contribution in [1.29, 1.82) is 0 Å². The lowest BCUT2D eigenvalue weighted by molar-refractivity contribution is 0.102. The summed E-state index contributed by atoms with van der Waals surface area (Å²) in [4.78, 5) is 25.3. The zero-order valence-electron chi connectivity index (χ0n) is 23.9. The molecule has 12 nitrogen and oxygen atoms in total. The maximum absolute atomic E-state index is 13.8. The number of likely N-dealkylation sites (N-methyl/N-ethyl adjacent to an activating group) is 1. The summed E-state index contributed by atoms with van der Waals surface area (Å²) in [6.45, 7) is 9.68. The average Bonchev–Trinajstić information content (AvgIpc) is 3.31. The Hall–Kier alpha value is -3.36. The predicted octanol–water partition coefficient (Wildman–Crippen LogP) is 2.65. The van der Waals surface area contributed by atoms with Gasteiger partial charge >= 0.3 is 0 Å². The number of amides is 1. The van der Waals surface area contributed by atoms with E-state index in [-0.39, 0.29) is 17.1 Å². The zero-order valence-corrected chi connectivity index (χ0v) is 24.7. The fourth-order valence-corrected chi connectivity index (χ4v) is 6.26. The molecule has 1 aromatic carbocycles. The molecular weight excluding hydrogens is 546 g/mol. The minimum Gasteiger partial charge on any atom is -0.493 e. The van der Waals surface area contributed by atoms with Gasteiger partial charge in [0.25, 0.3) is 5.91 Å². The van der Waals surface area contributed by atoms with E-state index in [1.54, 1.807) is 16.9 Å². The average molecular weight is 586 g/mol. The van der Waals surface area contributed by atoms with E-state index in [2.05, 4.69) is 27.2 Å². The van der Waals surface area contributed by atoms with Crippen LogP contribution in [0.2, 0.25) is 0 Å². The lowest BCUT2D eigenvalue weighted by atomic mass is 10.1. The van der Waals surface area contributed by atoms with Crippen LogP contribution >= 0.6 is 0 Å². The van der Waals surface area contributed by atoms with E-state index in [1.807, 2.05) is 32.0 Å². The van der Waals surface area contributed by atoms with Crippen LogP contribution in [-0.4, -0.2) is 77.6 Å². The van der Waals surface area contributed by atoms with Crippen LogP contribution in [0.3, 0.4) is 0 Å². The maximum atomic E-state index is 13.8. The number of hydrogen-bond acceptors (Lipinski definition) is 9. The highest BCUT2D eigenvalue weighted by atomic mass is 32.2. The summed E-state index contributed by atoms with van der Waals surface area (Å²) in [6.07, 6.45) is 2.98. The number of piperazine rings is 1. The van der Waals surface area contributed by atoms with Crippen molar-refractivity contribution in [3.63, 3.8) is 0 Å². The summed E-state index contributed by atoms with van der Waals surface area (Å²) in [5, 5.41) is 7.59.